The van der Waals surface area contributed by atoms with Gasteiger partial charge in [-0.3, -0.25) is 9.59 Å². The van der Waals surface area contributed by atoms with Gasteiger partial charge in [-0.25, -0.2) is 4.79 Å². The average Bonchev–Trinajstić information content (AvgIpc) is 3.18. The van der Waals surface area contributed by atoms with E-state index in [2.05, 4.69) is 10.6 Å². The van der Waals surface area contributed by atoms with Crippen LogP contribution in [-0.2, 0) is 14.3 Å². The van der Waals surface area contributed by atoms with Crippen molar-refractivity contribution in [2.75, 3.05) is 13.2 Å². The topological polar surface area (TPSA) is 125 Å². The smallest absolute Gasteiger partial charge is 0.408 e. The Kier molecular flexibility index (Phi) is 7.42. The molecule has 8 nitrogen and oxygen atoms in total. The van der Waals surface area contributed by atoms with Gasteiger partial charge in [-0.2, -0.15) is 0 Å². The van der Waals surface area contributed by atoms with Crippen molar-refractivity contribution < 1.29 is 29.3 Å². The van der Waals surface area contributed by atoms with Crippen molar-refractivity contribution in [1.29, 1.82) is 0 Å². The van der Waals surface area contributed by atoms with Crippen molar-refractivity contribution in [3.05, 3.63) is 95.6 Å². The lowest BCUT2D eigenvalue weighted by molar-refractivity contribution is -0.139. The van der Waals surface area contributed by atoms with Crippen molar-refractivity contribution in [1.82, 2.24) is 10.6 Å². The molecule has 1 aliphatic carbocycles. The zero-order valence-electron chi connectivity index (χ0n) is 18.9. The lowest BCUT2D eigenvalue weighted by Crippen LogP contribution is -2.43. The summed E-state index contributed by atoms with van der Waals surface area (Å²) < 4.78 is 5.56. The van der Waals surface area contributed by atoms with Crippen LogP contribution in [-0.4, -0.2) is 47.4 Å². The van der Waals surface area contributed by atoms with Crippen LogP contribution in [0.15, 0.2) is 78.9 Å². The van der Waals surface area contributed by atoms with Crippen LogP contribution in [0.3, 0.4) is 0 Å². The maximum absolute atomic E-state index is 12.8. The molecule has 1 aliphatic rings. The van der Waals surface area contributed by atoms with E-state index in [9.17, 15) is 19.5 Å². The van der Waals surface area contributed by atoms with Crippen LogP contribution in [0.25, 0.3) is 11.1 Å². The number of carboxylic acids is 1. The summed E-state index contributed by atoms with van der Waals surface area (Å²) in [5.74, 6) is -1.89. The first-order valence-corrected chi connectivity index (χ1v) is 11.3. The van der Waals surface area contributed by atoms with E-state index < -0.39 is 36.5 Å². The summed E-state index contributed by atoms with van der Waals surface area (Å²) in [6.45, 7) is -0.166. The van der Waals surface area contributed by atoms with Gasteiger partial charge in [0.2, 0.25) is 5.91 Å². The minimum atomic E-state index is -1.25. The molecule has 0 radical (unpaired) electrons. The number of aliphatic hydroxyl groups is 1. The number of carbonyl (C=O) groups is 3. The number of carbonyl (C=O) groups excluding carboxylic acids is 2. The van der Waals surface area contributed by atoms with E-state index >= 15 is 0 Å². The van der Waals surface area contributed by atoms with E-state index in [1.165, 1.54) is 0 Å². The Morgan fingerprint density at radius 1 is 0.857 bits per heavy atom. The fourth-order valence-electron chi connectivity index (χ4n) is 4.30. The Hall–Kier alpha value is -4.17. The number of carboxylic acid groups (broad SMARTS) is 1. The molecule has 0 aliphatic heterocycles. The van der Waals surface area contributed by atoms with Crippen LogP contribution in [0.1, 0.15) is 35.1 Å². The normalized spacial score (nSPS) is 13.7. The van der Waals surface area contributed by atoms with E-state index in [0.29, 0.717) is 5.56 Å². The number of nitrogens with one attached hydrogen (secondary N) is 2. The van der Waals surface area contributed by atoms with Gasteiger partial charge in [0, 0.05) is 12.5 Å². The summed E-state index contributed by atoms with van der Waals surface area (Å²) >= 11 is 0. The van der Waals surface area contributed by atoms with E-state index in [1.54, 1.807) is 30.3 Å². The van der Waals surface area contributed by atoms with Gasteiger partial charge in [-0.15, -0.1) is 0 Å². The average molecular weight is 475 g/mol. The largest absolute Gasteiger partial charge is 0.481 e. The summed E-state index contributed by atoms with van der Waals surface area (Å²) in [6.07, 6.45) is -2.51. The minimum absolute atomic E-state index is 0.0975. The Bertz CT molecular complexity index is 1170. The quantitative estimate of drug-likeness (QED) is 0.377. The number of hydrogen-bond donors (Lipinski definition) is 4. The Labute approximate surface area is 202 Å². The molecule has 0 heterocycles. The van der Waals surface area contributed by atoms with Gasteiger partial charge in [0.05, 0.1) is 12.5 Å². The van der Waals surface area contributed by atoms with Crippen molar-refractivity contribution in [3.8, 4) is 11.1 Å². The molecular formula is C27H26N2O6. The van der Waals surface area contributed by atoms with Gasteiger partial charge in [0.15, 0.2) is 0 Å². The second-order valence-corrected chi connectivity index (χ2v) is 8.31. The number of fused-ring (bicyclic) bond motifs is 3. The molecule has 0 saturated carbocycles. The summed E-state index contributed by atoms with van der Waals surface area (Å²) in [5, 5.41) is 23.6. The highest BCUT2D eigenvalue weighted by Gasteiger charge is 2.30. The Balaban J connectivity index is 1.43. The number of amides is 2. The third kappa shape index (κ3) is 5.67. The predicted octanol–water partition coefficient (Wildman–Crippen LogP) is 3.22. The van der Waals surface area contributed by atoms with Gasteiger partial charge in [0.25, 0.3) is 0 Å². The fraction of sp³-hybridized carbons (Fsp3) is 0.222. The number of aliphatic hydroxyl groups excluding tert-OH is 1. The molecule has 0 aromatic heterocycles. The number of rotatable bonds is 9. The first kappa shape index (κ1) is 24.0. The SMILES string of the molecule is O=C(O)CC(O)CNC(=O)[C@@H](NC(=O)OCC1c2ccccc2-c2ccccc21)c1ccccc1. The van der Waals surface area contributed by atoms with E-state index in [4.69, 9.17) is 9.84 Å². The van der Waals surface area contributed by atoms with E-state index in [1.807, 2.05) is 48.5 Å². The number of aliphatic carboxylic acids is 1. The molecule has 2 atom stereocenters. The third-order valence-corrected chi connectivity index (χ3v) is 5.92. The van der Waals surface area contributed by atoms with Crippen molar-refractivity contribution in [3.63, 3.8) is 0 Å². The Morgan fingerprint density at radius 2 is 1.43 bits per heavy atom. The third-order valence-electron chi connectivity index (χ3n) is 5.92. The summed E-state index contributed by atoms with van der Waals surface area (Å²) in [5.41, 5.74) is 4.89. The second kappa shape index (κ2) is 10.8. The van der Waals surface area contributed by atoms with Gasteiger partial charge < -0.3 is 25.6 Å². The van der Waals surface area contributed by atoms with Crippen molar-refractivity contribution >= 4 is 18.0 Å². The van der Waals surface area contributed by atoms with Crippen LogP contribution < -0.4 is 10.6 Å². The molecule has 1 unspecified atom stereocenters. The maximum Gasteiger partial charge on any atom is 0.408 e. The highest BCUT2D eigenvalue weighted by Crippen LogP contribution is 2.44. The summed E-state index contributed by atoms with van der Waals surface area (Å²) in [7, 11) is 0. The van der Waals surface area contributed by atoms with Gasteiger partial charge in [-0.1, -0.05) is 78.9 Å². The molecular weight excluding hydrogens is 448 g/mol. The van der Waals surface area contributed by atoms with Gasteiger partial charge in [-0.05, 0) is 27.8 Å². The van der Waals surface area contributed by atoms with E-state index in [0.717, 1.165) is 22.3 Å². The fourth-order valence-corrected chi connectivity index (χ4v) is 4.30. The highest BCUT2D eigenvalue weighted by atomic mass is 16.5. The van der Waals surface area contributed by atoms with Crippen molar-refractivity contribution in [2.45, 2.75) is 24.5 Å². The lowest BCUT2D eigenvalue weighted by atomic mass is 9.98. The molecule has 4 N–H and O–H groups in total. The maximum atomic E-state index is 12.8. The van der Waals surface area contributed by atoms with Gasteiger partial charge >= 0.3 is 12.1 Å². The molecule has 180 valence electrons. The molecule has 2 amide bonds. The molecule has 4 rings (SSSR count). The molecule has 3 aromatic rings. The standard InChI is InChI=1S/C27H26N2O6/c30-18(14-24(31)32)15-28-26(33)25(17-8-2-1-3-9-17)29-27(34)35-16-23-21-12-6-4-10-19(21)20-11-5-7-13-22(20)23/h1-13,18,23,25,30H,14-16H2,(H,28,33)(H,29,34)(H,31,32)/t18?,25-/m0/s1. The van der Waals surface area contributed by atoms with Crippen LogP contribution in [0.2, 0.25) is 0 Å². The number of hydrogen-bond acceptors (Lipinski definition) is 5. The lowest BCUT2D eigenvalue weighted by Gasteiger charge is -2.21. The van der Waals surface area contributed by atoms with Crippen molar-refractivity contribution in [2.24, 2.45) is 0 Å². The molecule has 3 aromatic carbocycles. The first-order chi connectivity index (χ1) is 16.9. The van der Waals surface area contributed by atoms with Crippen LogP contribution >= 0.6 is 0 Å². The highest BCUT2D eigenvalue weighted by molar-refractivity contribution is 5.87. The number of alkyl carbamates (subject to hydrolysis) is 1. The molecule has 0 spiro atoms. The number of ether oxygens (including phenoxy) is 1. The molecule has 0 saturated heterocycles. The van der Waals surface area contributed by atoms with Gasteiger partial charge in [0.1, 0.15) is 12.6 Å². The second-order valence-electron chi connectivity index (χ2n) is 8.31. The number of benzene rings is 3. The van der Waals surface area contributed by atoms with Crippen LogP contribution in [0.5, 0.6) is 0 Å². The molecule has 8 heteroatoms. The predicted molar refractivity (Wildman–Crippen MR) is 129 cm³/mol. The molecule has 35 heavy (non-hydrogen) atoms. The minimum Gasteiger partial charge on any atom is -0.481 e. The zero-order chi connectivity index (χ0) is 24.8. The van der Waals surface area contributed by atoms with Crippen LogP contribution in [0.4, 0.5) is 4.79 Å². The monoisotopic (exact) mass is 474 g/mol. The summed E-state index contributed by atoms with van der Waals surface area (Å²) in [4.78, 5) is 36.3. The molecule has 0 fully saturated rings. The van der Waals surface area contributed by atoms with Crippen LogP contribution in [0, 0.1) is 0 Å². The Morgan fingerprint density at radius 3 is 2.03 bits per heavy atom. The summed E-state index contributed by atoms with van der Waals surface area (Å²) in [6, 6.07) is 23.5. The molecule has 0 bridgehead atoms. The first-order valence-electron chi connectivity index (χ1n) is 11.3. The van der Waals surface area contributed by atoms with E-state index in [-0.39, 0.29) is 19.1 Å². The zero-order valence-corrected chi connectivity index (χ0v) is 18.9.